The minimum Gasteiger partial charge on any atom is -0.496 e. The molecule has 2 aromatic rings. The second kappa shape index (κ2) is 5.01. The molecule has 0 amide bonds. The van der Waals surface area contributed by atoms with Gasteiger partial charge in [-0.1, -0.05) is 11.6 Å². The number of benzene rings is 1. The van der Waals surface area contributed by atoms with Crippen LogP contribution in [0.25, 0.3) is 11.4 Å². The van der Waals surface area contributed by atoms with E-state index in [-0.39, 0.29) is 0 Å². The largest absolute Gasteiger partial charge is 0.496 e. The normalized spacial score (nSPS) is 10.1. The van der Waals surface area contributed by atoms with Crippen LogP contribution < -0.4 is 10.1 Å². The molecule has 0 bridgehead atoms. The van der Waals surface area contributed by atoms with Crippen molar-refractivity contribution >= 4 is 17.4 Å². The Labute approximate surface area is 105 Å². The Kier molecular flexibility index (Phi) is 3.44. The maximum absolute atomic E-state index is 5.97. The lowest BCUT2D eigenvalue weighted by Gasteiger charge is -2.08. The van der Waals surface area contributed by atoms with Gasteiger partial charge in [-0.15, -0.1) is 0 Å². The average molecular weight is 250 g/mol. The number of ether oxygens (including phenoxy) is 1. The van der Waals surface area contributed by atoms with E-state index < -0.39 is 0 Å². The summed E-state index contributed by atoms with van der Waals surface area (Å²) in [5.74, 6) is 2.02. The highest BCUT2D eigenvalue weighted by atomic mass is 35.5. The zero-order valence-corrected chi connectivity index (χ0v) is 10.3. The van der Waals surface area contributed by atoms with Gasteiger partial charge in [-0.25, -0.2) is 9.97 Å². The average Bonchev–Trinajstić information content (AvgIpc) is 2.39. The van der Waals surface area contributed by atoms with Crippen molar-refractivity contribution in [2.45, 2.75) is 0 Å². The Hall–Kier alpha value is -1.81. The lowest BCUT2D eigenvalue weighted by atomic mass is 10.2. The van der Waals surface area contributed by atoms with Crippen LogP contribution in [0, 0.1) is 0 Å². The van der Waals surface area contributed by atoms with Crippen LogP contribution in [0.2, 0.25) is 5.02 Å². The molecule has 5 heteroatoms. The molecule has 0 atom stereocenters. The lowest BCUT2D eigenvalue weighted by Crippen LogP contribution is -1.97. The highest BCUT2D eigenvalue weighted by molar-refractivity contribution is 6.30. The van der Waals surface area contributed by atoms with Crippen LogP contribution in [0.4, 0.5) is 5.82 Å². The molecule has 4 nitrogen and oxygen atoms in total. The summed E-state index contributed by atoms with van der Waals surface area (Å²) >= 11 is 5.97. The lowest BCUT2D eigenvalue weighted by molar-refractivity contribution is 0.416. The Bertz CT molecular complexity index is 531. The predicted molar refractivity (Wildman–Crippen MR) is 68.6 cm³/mol. The molecule has 1 heterocycles. The van der Waals surface area contributed by atoms with Crippen molar-refractivity contribution < 1.29 is 4.74 Å². The first-order valence-electron chi connectivity index (χ1n) is 5.09. The number of halogens is 1. The zero-order valence-electron chi connectivity index (χ0n) is 9.57. The van der Waals surface area contributed by atoms with Crippen LogP contribution in [0.1, 0.15) is 0 Å². The molecule has 2 rings (SSSR count). The Morgan fingerprint density at radius 3 is 2.82 bits per heavy atom. The summed E-state index contributed by atoms with van der Waals surface area (Å²) in [5.41, 5.74) is 0.775. The number of anilines is 1. The first-order valence-corrected chi connectivity index (χ1v) is 5.47. The van der Waals surface area contributed by atoms with E-state index in [4.69, 9.17) is 16.3 Å². The van der Waals surface area contributed by atoms with Crippen molar-refractivity contribution in [1.29, 1.82) is 0 Å². The van der Waals surface area contributed by atoms with Crippen LogP contribution in [0.5, 0.6) is 5.75 Å². The molecule has 1 aromatic carbocycles. The molecule has 0 spiro atoms. The molecule has 1 N–H and O–H groups in total. The van der Waals surface area contributed by atoms with E-state index in [1.165, 1.54) is 0 Å². The van der Waals surface area contributed by atoms with Gasteiger partial charge in [-0.2, -0.15) is 0 Å². The number of nitrogens with one attached hydrogen (secondary N) is 1. The van der Waals surface area contributed by atoms with Gasteiger partial charge in [0.05, 0.1) is 12.7 Å². The second-order valence-corrected chi connectivity index (χ2v) is 3.80. The molecule has 1 aromatic heterocycles. The number of methoxy groups -OCH3 is 1. The Morgan fingerprint density at radius 2 is 2.12 bits per heavy atom. The predicted octanol–water partition coefficient (Wildman–Crippen LogP) is 2.85. The van der Waals surface area contributed by atoms with E-state index in [0.717, 1.165) is 11.4 Å². The van der Waals surface area contributed by atoms with Crippen LogP contribution >= 0.6 is 11.6 Å². The second-order valence-electron chi connectivity index (χ2n) is 3.36. The molecule has 0 unspecified atom stereocenters. The molecule has 0 fully saturated rings. The number of rotatable bonds is 3. The van der Waals surface area contributed by atoms with E-state index >= 15 is 0 Å². The van der Waals surface area contributed by atoms with Crippen LogP contribution in [-0.2, 0) is 0 Å². The zero-order chi connectivity index (χ0) is 12.3. The Morgan fingerprint density at radius 1 is 1.29 bits per heavy atom. The molecule has 17 heavy (non-hydrogen) atoms. The van der Waals surface area contributed by atoms with Gasteiger partial charge in [0.1, 0.15) is 11.6 Å². The maximum atomic E-state index is 5.97. The molecule has 88 valence electrons. The molecular weight excluding hydrogens is 238 g/mol. The van der Waals surface area contributed by atoms with Crippen molar-refractivity contribution in [1.82, 2.24) is 9.97 Å². The van der Waals surface area contributed by atoms with Crippen molar-refractivity contribution in [3.8, 4) is 17.1 Å². The van der Waals surface area contributed by atoms with Crippen LogP contribution in [-0.4, -0.2) is 24.1 Å². The van der Waals surface area contributed by atoms with Gasteiger partial charge in [0, 0.05) is 18.3 Å². The number of hydrogen-bond donors (Lipinski definition) is 1. The molecule has 0 aliphatic rings. The van der Waals surface area contributed by atoms with E-state index in [2.05, 4.69) is 15.3 Å². The smallest absolute Gasteiger partial charge is 0.165 e. The first-order chi connectivity index (χ1) is 8.24. The van der Waals surface area contributed by atoms with E-state index in [9.17, 15) is 0 Å². The SMILES string of the molecule is CNc1ccnc(-c2cc(Cl)ccc2OC)n1. The molecule has 0 saturated carbocycles. The summed E-state index contributed by atoms with van der Waals surface area (Å²) < 4.78 is 5.27. The summed E-state index contributed by atoms with van der Waals surface area (Å²) in [6.07, 6.45) is 1.69. The van der Waals surface area contributed by atoms with Crippen LogP contribution in [0.3, 0.4) is 0 Å². The van der Waals surface area contributed by atoms with Gasteiger partial charge < -0.3 is 10.1 Å². The third-order valence-corrected chi connectivity index (χ3v) is 2.55. The van der Waals surface area contributed by atoms with Gasteiger partial charge in [0.25, 0.3) is 0 Å². The number of hydrogen-bond acceptors (Lipinski definition) is 4. The standard InChI is InChI=1S/C12H12ClN3O/c1-14-11-5-6-15-12(16-11)9-7-8(13)3-4-10(9)17-2/h3-7H,1-2H3,(H,14,15,16). The third-order valence-electron chi connectivity index (χ3n) is 2.31. The van der Waals surface area contributed by atoms with Crippen molar-refractivity contribution in [2.75, 3.05) is 19.5 Å². The highest BCUT2D eigenvalue weighted by Gasteiger charge is 2.09. The van der Waals surface area contributed by atoms with Crippen molar-refractivity contribution in [3.05, 3.63) is 35.5 Å². The fourth-order valence-corrected chi connectivity index (χ4v) is 1.65. The van der Waals surface area contributed by atoms with Gasteiger partial charge >= 0.3 is 0 Å². The maximum Gasteiger partial charge on any atom is 0.165 e. The fourth-order valence-electron chi connectivity index (χ4n) is 1.48. The molecule has 0 aliphatic carbocycles. The van der Waals surface area contributed by atoms with Gasteiger partial charge in [0.15, 0.2) is 5.82 Å². The van der Waals surface area contributed by atoms with Gasteiger partial charge in [0.2, 0.25) is 0 Å². The molecule has 0 aliphatic heterocycles. The van der Waals surface area contributed by atoms with Crippen LogP contribution in [0.15, 0.2) is 30.5 Å². The number of aromatic nitrogens is 2. The van der Waals surface area contributed by atoms with E-state index in [0.29, 0.717) is 16.6 Å². The molecule has 0 radical (unpaired) electrons. The molecule has 0 saturated heterocycles. The van der Waals surface area contributed by atoms with Crippen molar-refractivity contribution in [2.24, 2.45) is 0 Å². The van der Waals surface area contributed by atoms with Crippen molar-refractivity contribution in [3.63, 3.8) is 0 Å². The fraction of sp³-hybridized carbons (Fsp3) is 0.167. The molecular formula is C12H12ClN3O. The minimum atomic E-state index is 0.580. The Balaban J connectivity index is 2.54. The topological polar surface area (TPSA) is 47.0 Å². The summed E-state index contributed by atoms with van der Waals surface area (Å²) in [5, 5.41) is 3.59. The summed E-state index contributed by atoms with van der Waals surface area (Å²) in [7, 11) is 3.41. The van der Waals surface area contributed by atoms with E-state index in [1.54, 1.807) is 44.6 Å². The summed E-state index contributed by atoms with van der Waals surface area (Å²) in [4.78, 5) is 8.57. The highest BCUT2D eigenvalue weighted by Crippen LogP contribution is 2.30. The minimum absolute atomic E-state index is 0.580. The third kappa shape index (κ3) is 2.47. The summed E-state index contributed by atoms with van der Waals surface area (Å²) in [6.45, 7) is 0. The monoisotopic (exact) mass is 249 g/mol. The first kappa shape index (κ1) is 11.7. The quantitative estimate of drug-likeness (QED) is 0.909. The van der Waals surface area contributed by atoms with Gasteiger partial charge in [-0.3, -0.25) is 0 Å². The summed E-state index contributed by atoms with van der Waals surface area (Å²) in [6, 6.07) is 7.15. The van der Waals surface area contributed by atoms with Gasteiger partial charge in [-0.05, 0) is 24.3 Å². The van der Waals surface area contributed by atoms with E-state index in [1.807, 2.05) is 0 Å². The number of nitrogens with zero attached hydrogens (tertiary/aromatic N) is 2.